The fourth-order valence-electron chi connectivity index (χ4n) is 2.12. The van der Waals surface area contributed by atoms with Crippen LogP contribution in [0.5, 0.6) is 5.75 Å². The molecule has 0 aliphatic heterocycles. The molecule has 8 heteroatoms. The van der Waals surface area contributed by atoms with Crippen LogP contribution in [0.15, 0.2) is 30.3 Å². The number of para-hydroxylation sites is 1. The lowest BCUT2D eigenvalue weighted by Gasteiger charge is -2.14. The highest BCUT2D eigenvalue weighted by Gasteiger charge is 2.25. The van der Waals surface area contributed by atoms with Gasteiger partial charge in [-0.3, -0.25) is 0 Å². The molecule has 0 saturated heterocycles. The van der Waals surface area contributed by atoms with Gasteiger partial charge >= 0.3 is 11.9 Å². The Morgan fingerprint density at radius 2 is 1.96 bits per heavy atom. The number of ether oxygens (including phenoxy) is 3. The number of rotatable bonds is 7. The van der Waals surface area contributed by atoms with Gasteiger partial charge in [-0.2, -0.15) is 5.26 Å². The summed E-state index contributed by atoms with van der Waals surface area (Å²) in [4.78, 5) is 24.3. The van der Waals surface area contributed by atoms with Crippen molar-refractivity contribution in [3.63, 3.8) is 0 Å². The molecule has 2 aromatic rings. The molecule has 0 radical (unpaired) electrons. The molecule has 0 saturated carbocycles. The molecule has 2 N–H and O–H groups in total. The van der Waals surface area contributed by atoms with Gasteiger partial charge in [-0.25, -0.2) is 9.59 Å². The molecule has 7 nitrogen and oxygen atoms in total. The van der Waals surface area contributed by atoms with Crippen molar-refractivity contribution in [2.75, 3.05) is 12.3 Å². The van der Waals surface area contributed by atoms with Crippen molar-refractivity contribution in [3.8, 4) is 11.8 Å². The zero-order valence-electron chi connectivity index (χ0n) is 14.4. The molecular weight excluding hydrogens is 356 g/mol. The largest absolute Gasteiger partial charge is 0.479 e. The van der Waals surface area contributed by atoms with Crippen LogP contribution in [-0.2, 0) is 20.9 Å². The number of anilines is 1. The topological polar surface area (TPSA) is 112 Å². The maximum absolute atomic E-state index is 12.2. The first-order chi connectivity index (χ1) is 12.5. The highest BCUT2D eigenvalue weighted by molar-refractivity contribution is 7.18. The minimum atomic E-state index is -0.857. The van der Waals surface area contributed by atoms with Gasteiger partial charge in [0, 0.05) is 5.56 Å². The molecule has 1 aromatic heterocycles. The molecule has 1 aromatic carbocycles. The lowest BCUT2D eigenvalue weighted by molar-refractivity contribution is -0.152. The van der Waals surface area contributed by atoms with Crippen LogP contribution in [-0.4, -0.2) is 24.6 Å². The number of hydrogen-bond donors (Lipinski definition) is 1. The van der Waals surface area contributed by atoms with Gasteiger partial charge in [-0.15, -0.1) is 11.3 Å². The van der Waals surface area contributed by atoms with E-state index < -0.39 is 18.0 Å². The van der Waals surface area contributed by atoms with E-state index in [9.17, 15) is 14.9 Å². The summed E-state index contributed by atoms with van der Waals surface area (Å²) >= 11 is 0.934. The number of carbonyl (C=O) groups is 2. The van der Waals surface area contributed by atoms with Crippen molar-refractivity contribution in [3.05, 3.63) is 46.3 Å². The summed E-state index contributed by atoms with van der Waals surface area (Å²) in [6.45, 7) is 3.13. The Hall–Kier alpha value is -3.05. The molecule has 0 bridgehead atoms. The van der Waals surface area contributed by atoms with E-state index in [0.29, 0.717) is 5.75 Å². The number of carbonyl (C=O) groups excluding carboxylic acids is 2. The van der Waals surface area contributed by atoms with Gasteiger partial charge in [0.15, 0.2) is 6.10 Å². The molecule has 1 heterocycles. The summed E-state index contributed by atoms with van der Waals surface area (Å²) in [7, 11) is 0. The van der Waals surface area contributed by atoms with Crippen LogP contribution < -0.4 is 10.5 Å². The summed E-state index contributed by atoms with van der Waals surface area (Å²) in [6, 6.07) is 10.8. The molecule has 1 atom stereocenters. The number of nitrogens with zero attached hydrogens (tertiary/aromatic N) is 1. The van der Waals surface area contributed by atoms with Gasteiger partial charge in [0.2, 0.25) is 0 Å². The van der Waals surface area contributed by atoms with Crippen molar-refractivity contribution in [2.45, 2.75) is 26.6 Å². The van der Waals surface area contributed by atoms with Gasteiger partial charge < -0.3 is 19.9 Å². The molecule has 136 valence electrons. The zero-order valence-corrected chi connectivity index (χ0v) is 15.2. The van der Waals surface area contributed by atoms with Crippen LogP contribution in [0.4, 0.5) is 5.00 Å². The predicted molar refractivity (Wildman–Crippen MR) is 95.7 cm³/mol. The Kier molecular flexibility index (Phi) is 6.58. The van der Waals surface area contributed by atoms with Crippen LogP contribution in [0.3, 0.4) is 0 Å². The second-order valence-electron chi connectivity index (χ2n) is 5.16. The van der Waals surface area contributed by atoms with Crippen LogP contribution in [0.1, 0.15) is 34.6 Å². The van der Waals surface area contributed by atoms with Crippen LogP contribution in [0, 0.1) is 11.3 Å². The monoisotopic (exact) mass is 374 g/mol. The third-order valence-corrected chi connectivity index (χ3v) is 4.39. The molecule has 0 unspecified atom stereocenters. The Balaban J connectivity index is 2.09. The van der Waals surface area contributed by atoms with Crippen molar-refractivity contribution < 1.29 is 23.8 Å². The van der Waals surface area contributed by atoms with E-state index >= 15 is 0 Å². The summed E-state index contributed by atoms with van der Waals surface area (Å²) < 4.78 is 15.7. The van der Waals surface area contributed by atoms with E-state index in [-0.39, 0.29) is 34.2 Å². The molecule has 2 rings (SSSR count). The fourth-order valence-corrected chi connectivity index (χ4v) is 3.04. The summed E-state index contributed by atoms with van der Waals surface area (Å²) in [5.41, 5.74) is 6.14. The number of thiophene rings is 1. The van der Waals surface area contributed by atoms with Crippen molar-refractivity contribution >= 4 is 28.3 Å². The van der Waals surface area contributed by atoms with Crippen LogP contribution in [0.2, 0.25) is 0 Å². The van der Waals surface area contributed by atoms with Crippen LogP contribution in [0.25, 0.3) is 0 Å². The zero-order chi connectivity index (χ0) is 19.1. The van der Waals surface area contributed by atoms with E-state index in [0.717, 1.165) is 11.3 Å². The average molecular weight is 374 g/mol. The molecule has 0 spiro atoms. The minimum Gasteiger partial charge on any atom is -0.479 e. The highest BCUT2D eigenvalue weighted by atomic mass is 32.1. The third kappa shape index (κ3) is 4.52. The summed E-state index contributed by atoms with van der Waals surface area (Å²) in [5, 5.41) is 9.43. The number of nitrogens with two attached hydrogens (primary N) is 1. The maximum atomic E-state index is 12.2. The molecule has 26 heavy (non-hydrogen) atoms. The van der Waals surface area contributed by atoms with Crippen molar-refractivity contribution in [1.29, 1.82) is 5.26 Å². The third-order valence-electron chi connectivity index (χ3n) is 3.35. The maximum Gasteiger partial charge on any atom is 0.348 e. The van der Waals surface area contributed by atoms with Gasteiger partial charge in [0.1, 0.15) is 28.3 Å². The lowest BCUT2D eigenvalue weighted by atomic mass is 10.1. The molecule has 0 aliphatic rings. The number of nitriles is 1. The van der Waals surface area contributed by atoms with Gasteiger partial charge in [-0.1, -0.05) is 18.2 Å². The first kappa shape index (κ1) is 19.3. The highest BCUT2D eigenvalue weighted by Crippen LogP contribution is 2.32. The van der Waals surface area contributed by atoms with E-state index in [1.807, 2.05) is 12.1 Å². The number of benzene rings is 1. The second-order valence-corrected chi connectivity index (χ2v) is 6.21. The summed E-state index contributed by atoms with van der Waals surface area (Å²) in [5.74, 6) is -0.704. The Labute approximate surface area is 154 Å². The first-order valence-corrected chi connectivity index (χ1v) is 8.66. The van der Waals surface area contributed by atoms with Gasteiger partial charge in [-0.05, 0) is 26.0 Å². The minimum absolute atomic E-state index is 0.113. The summed E-state index contributed by atoms with van der Waals surface area (Å²) in [6.07, 6.45) is -0.857. The fraction of sp³-hybridized carbons (Fsp3) is 0.278. The normalized spacial score (nSPS) is 11.3. The lowest BCUT2D eigenvalue weighted by Crippen LogP contribution is -2.26. The number of esters is 2. The smallest absolute Gasteiger partial charge is 0.348 e. The van der Waals surface area contributed by atoms with E-state index in [2.05, 4.69) is 0 Å². The van der Waals surface area contributed by atoms with Crippen molar-refractivity contribution in [1.82, 2.24) is 0 Å². The standard InChI is InChI=1S/C18H18N2O5S/c1-3-23-18(22)15-14(13(9-19)16(20)26-15)10-24-17(21)11(2)25-12-7-5-4-6-8-12/h4-8,11H,3,10,20H2,1-2H3/t11-/m0/s1. The Bertz CT molecular complexity index is 826. The molecule has 0 fully saturated rings. The predicted octanol–water partition coefficient (Wildman–Crippen LogP) is 2.89. The molecular formula is C18H18N2O5S. The van der Waals surface area contributed by atoms with E-state index in [4.69, 9.17) is 19.9 Å². The van der Waals surface area contributed by atoms with Gasteiger partial charge in [0.25, 0.3) is 0 Å². The van der Waals surface area contributed by atoms with E-state index in [1.54, 1.807) is 38.1 Å². The first-order valence-electron chi connectivity index (χ1n) is 7.84. The number of nitrogen functional groups attached to an aromatic ring is 1. The SMILES string of the molecule is CCOC(=O)c1sc(N)c(C#N)c1COC(=O)[C@H](C)Oc1ccccc1. The molecule has 0 aliphatic carbocycles. The van der Waals surface area contributed by atoms with Crippen LogP contribution >= 0.6 is 11.3 Å². The Morgan fingerprint density at radius 3 is 2.58 bits per heavy atom. The van der Waals surface area contributed by atoms with Gasteiger partial charge in [0.05, 0.1) is 12.2 Å². The second kappa shape index (κ2) is 8.87. The molecule has 0 amide bonds. The van der Waals surface area contributed by atoms with Crippen molar-refractivity contribution in [2.24, 2.45) is 0 Å². The average Bonchev–Trinajstić information content (AvgIpc) is 2.96. The quantitative estimate of drug-likeness (QED) is 0.742. The Morgan fingerprint density at radius 1 is 1.27 bits per heavy atom. The van der Waals surface area contributed by atoms with E-state index in [1.165, 1.54) is 0 Å². The number of hydrogen-bond acceptors (Lipinski definition) is 8.